The molecule has 0 aromatic heterocycles. The molecule has 3 heteroatoms. The van der Waals surface area contributed by atoms with Crippen LogP contribution in [-0.2, 0) is 4.79 Å². The Morgan fingerprint density at radius 1 is 0.455 bits per heavy atom. The van der Waals surface area contributed by atoms with Crippen molar-refractivity contribution in [3.05, 3.63) is 36.5 Å². The predicted molar refractivity (Wildman–Crippen MR) is 249 cm³/mol. The van der Waals surface area contributed by atoms with Gasteiger partial charge in [0.05, 0.1) is 0 Å². The molecule has 0 aliphatic rings. The van der Waals surface area contributed by atoms with Gasteiger partial charge in [0.15, 0.2) is 0 Å². The molecule has 55 heavy (non-hydrogen) atoms. The highest BCUT2D eigenvalue weighted by atomic mass is 16.2. The fourth-order valence-electron chi connectivity index (χ4n) is 8.08. The number of carbonyl (C=O) groups is 1. The van der Waals surface area contributed by atoms with Crippen molar-refractivity contribution < 1.29 is 4.79 Å². The summed E-state index contributed by atoms with van der Waals surface area (Å²) in [6.07, 6.45) is 56.4. The molecule has 0 aromatic carbocycles. The number of hydrogen-bond donors (Lipinski definition) is 0. The third-order valence-corrected chi connectivity index (χ3v) is 11.9. The normalized spacial score (nSPS) is 13.9. The molecular formula is C52H100N2O. The van der Waals surface area contributed by atoms with E-state index in [-0.39, 0.29) is 5.92 Å². The molecular weight excluding hydrogens is 669 g/mol. The van der Waals surface area contributed by atoms with Crippen molar-refractivity contribution >= 4 is 5.91 Å². The minimum atomic E-state index is 0.202. The van der Waals surface area contributed by atoms with E-state index in [9.17, 15) is 4.79 Å². The molecule has 0 heterocycles. The summed E-state index contributed by atoms with van der Waals surface area (Å²) in [5.74, 6) is 1.53. The Balaban J connectivity index is 4.88. The van der Waals surface area contributed by atoms with Gasteiger partial charge in [-0.25, -0.2) is 0 Å². The standard InChI is InChI=1S/C52H100N2O/c1-8-12-15-17-19-20-21-22-23-24-25-26-27-29-34-39-45-51(54(48-41-47-53(6)7)52(55)50(11-4)44-36-14-10-3)46-40-35-31-30-33-38-43-49(5)42-37-32-28-18-16-13-9-2/h19-20,22-23,28,32,49-51H,8-18,21,24-27,29-31,33-48H2,1-7H3/b20-19-,23-22-,32-28-. The highest BCUT2D eigenvalue weighted by molar-refractivity contribution is 5.79. The Bertz CT molecular complexity index is 875. The van der Waals surface area contributed by atoms with E-state index in [4.69, 9.17) is 0 Å². The Kier molecular flexibility index (Phi) is 41.2. The van der Waals surface area contributed by atoms with Crippen molar-refractivity contribution in [2.24, 2.45) is 11.8 Å². The highest BCUT2D eigenvalue weighted by Gasteiger charge is 2.28. The average molecular weight is 769 g/mol. The second kappa shape index (κ2) is 42.3. The van der Waals surface area contributed by atoms with Crippen LogP contribution < -0.4 is 0 Å². The lowest BCUT2D eigenvalue weighted by Gasteiger charge is -2.35. The molecule has 3 nitrogen and oxygen atoms in total. The van der Waals surface area contributed by atoms with Crippen LogP contribution in [0.2, 0.25) is 0 Å². The van der Waals surface area contributed by atoms with Gasteiger partial charge in [0.2, 0.25) is 5.91 Å². The van der Waals surface area contributed by atoms with Crippen LogP contribution in [0, 0.1) is 11.8 Å². The highest BCUT2D eigenvalue weighted by Crippen LogP contribution is 2.25. The van der Waals surface area contributed by atoms with E-state index < -0.39 is 0 Å². The Hall–Kier alpha value is -1.35. The molecule has 324 valence electrons. The minimum Gasteiger partial charge on any atom is -0.339 e. The molecule has 1 amide bonds. The van der Waals surface area contributed by atoms with Crippen molar-refractivity contribution in [3.8, 4) is 0 Å². The number of allylic oxidation sites excluding steroid dienone is 6. The van der Waals surface area contributed by atoms with Crippen molar-refractivity contribution in [2.45, 2.75) is 253 Å². The molecule has 0 spiro atoms. The maximum atomic E-state index is 14.3. The second-order valence-electron chi connectivity index (χ2n) is 17.7. The van der Waals surface area contributed by atoms with Crippen LogP contribution in [-0.4, -0.2) is 48.9 Å². The van der Waals surface area contributed by atoms with Crippen molar-refractivity contribution in [1.29, 1.82) is 0 Å². The van der Waals surface area contributed by atoms with Gasteiger partial charge in [-0.3, -0.25) is 4.79 Å². The molecule has 0 aromatic rings. The molecule has 0 N–H and O–H groups in total. The third kappa shape index (κ3) is 35.5. The average Bonchev–Trinajstić information content (AvgIpc) is 3.17. The summed E-state index contributed by atoms with van der Waals surface area (Å²) >= 11 is 0. The first-order valence-electron chi connectivity index (χ1n) is 24.8. The van der Waals surface area contributed by atoms with Crippen molar-refractivity contribution in [3.63, 3.8) is 0 Å². The first kappa shape index (κ1) is 53.6. The van der Waals surface area contributed by atoms with Gasteiger partial charge in [0, 0.05) is 18.5 Å². The zero-order valence-corrected chi connectivity index (χ0v) is 38.7. The van der Waals surface area contributed by atoms with Crippen molar-refractivity contribution in [1.82, 2.24) is 9.80 Å². The number of rotatable bonds is 42. The van der Waals surface area contributed by atoms with Gasteiger partial charge < -0.3 is 9.80 Å². The third-order valence-electron chi connectivity index (χ3n) is 11.9. The van der Waals surface area contributed by atoms with Crippen LogP contribution in [0.3, 0.4) is 0 Å². The molecule has 3 atom stereocenters. The van der Waals surface area contributed by atoms with Crippen LogP contribution in [0.15, 0.2) is 36.5 Å². The smallest absolute Gasteiger partial charge is 0.225 e. The number of amides is 1. The number of carbonyl (C=O) groups excluding carboxylic acids is 1. The molecule has 3 unspecified atom stereocenters. The molecule has 0 saturated heterocycles. The number of hydrogen-bond acceptors (Lipinski definition) is 2. The van der Waals surface area contributed by atoms with E-state index in [1.54, 1.807) is 0 Å². The summed E-state index contributed by atoms with van der Waals surface area (Å²) in [4.78, 5) is 19.0. The quantitative estimate of drug-likeness (QED) is 0.0456. The van der Waals surface area contributed by atoms with E-state index in [1.165, 1.54) is 186 Å². The topological polar surface area (TPSA) is 23.6 Å². The molecule has 0 fully saturated rings. The SMILES string of the molecule is CCCCC/C=C\C/C=C\CCCCCCCCC(CCCCCCCCC(C)CC/C=C\CCCCC)N(CCCN(C)C)C(=O)C(CC)CCCCC. The number of nitrogens with zero attached hydrogens (tertiary/aromatic N) is 2. The van der Waals surface area contributed by atoms with Crippen LogP contribution in [0.4, 0.5) is 0 Å². The van der Waals surface area contributed by atoms with Gasteiger partial charge in [-0.2, -0.15) is 0 Å². The van der Waals surface area contributed by atoms with Crippen LogP contribution >= 0.6 is 0 Å². The lowest BCUT2D eigenvalue weighted by atomic mass is 9.93. The summed E-state index contributed by atoms with van der Waals surface area (Å²) < 4.78 is 0. The van der Waals surface area contributed by atoms with Crippen LogP contribution in [0.5, 0.6) is 0 Å². The zero-order chi connectivity index (χ0) is 40.5. The lowest BCUT2D eigenvalue weighted by molar-refractivity contribution is -0.139. The summed E-state index contributed by atoms with van der Waals surface area (Å²) in [5.41, 5.74) is 0. The largest absolute Gasteiger partial charge is 0.339 e. The van der Waals surface area contributed by atoms with Gasteiger partial charge >= 0.3 is 0 Å². The second-order valence-corrected chi connectivity index (χ2v) is 17.7. The zero-order valence-electron chi connectivity index (χ0n) is 38.7. The molecule has 0 radical (unpaired) electrons. The van der Waals surface area contributed by atoms with Gasteiger partial charge in [-0.1, -0.05) is 193 Å². The summed E-state index contributed by atoms with van der Waals surface area (Å²) in [6.45, 7) is 13.5. The van der Waals surface area contributed by atoms with Gasteiger partial charge in [-0.15, -0.1) is 0 Å². The van der Waals surface area contributed by atoms with Gasteiger partial charge in [0.1, 0.15) is 0 Å². The Morgan fingerprint density at radius 2 is 0.891 bits per heavy atom. The fraction of sp³-hybridized carbons (Fsp3) is 0.865. The van der Waals surface area contributed by atoms with E-state index in [0.29, 0.717) is 11.9 Å². The summed E-state index contributed by atoms with van der Waals surface area (Å²) in [5, 5.41) is 0. The predicted octanol–water partition coefficient (Wildman–Crippen LogP) is 16.6. The molecule has 0 aliphatic carbocycles. The Labute approximate surface area is 347 Å². The maximum absolute atomic E-state index is 14.3. The summed E-state index contributed by atoms with van der Waals surface area (Å²) in [7, 11) is 4.34. The summed E-state index contributed by atoms with van der Waals surface area (Å²) in [6, 6.07) is 0.419. The van der Waals surface area contributed by atoms with E-state index >= 15 is 0 Å². The van der Waals surface area contributed by atoms with E-state index in [0.717, 1.165) is 44.7 Å². The number of unbranched alkanes of at least 4 members (excludes halogenated alkanes) is 19. The minimum absolute atomic E-state index is 0.202. The first-order valence-corrected chi connectivity index (χ1v) is 24.8. The Morgan fingerprint density at radius 3 is 1.42 bits per heavy atom. The van der Waals surface area contributed by atoms with E-state index in [1.807, 2.05) is 0 Å². The van der Waals surface area contributed by atoms with Crippen LogP contribution in [0.1, 0.15) is 247 Å². The molecule has 0 rings (SSSR count). The first-order chi connectivity index (χ1) is 26.9. The van der Waals surface area contributed by atoms with Gasteiger partial charge in [0.25, 0.3) is 0 Å². The lowest BCUT2D eigenvalue weighted by Crippen LogP contribution is -2.45. The van der Waals surface area contributed by atoms with Crippen molar-refractivity contribution in [2.75, 3.05) is 27.2 Å². The van der Waals surface area contributed by atoms with Crippen LogP contribution in [0.25, 0.3) is 0 Å². The monoisotopic (exact) mass is 769 g/mol. The fourth-order valence-corrected chi connectivity index (χ4v) is 8.08. The molecule has 0 saturated carbocycles. The molecule has 0 bridgehead atoms. The maximum Gasteiger partial charge on any atom is 0.225 e. The molecule has 0 aliphatic heterocycles. The van der Waals surface area contributed by atoms with Gasteiger partial charge in [-0.05, 0) is 116 Å². The van der Waals surface area contributed by atoms with E-state index in [2.05, 4.69) is 95.0 Å².